The molecule has 3 rings (SSSR count). The zero-order valence-electron chi connectivity index (χ0n) is 21.4. The molecular formula is C29H36O6. The van der Waals surface area contributed by atoms with Crippen LogP contribution in [0.15, 0.2) is 42.5 Å². The van der Waals surface area contributed by atoms with E-state index in [1.54, 1.807) is 0 Å². The van der Waals surface area contributed by atoms with Crippen LogP contribution in [0.25, 0.3) is 21.5 Å². The third kappa shape index (κ3) is 6.65. The zero-order chi connectivity index (χ0) is 25.4. The van der Waals surface area contributed by atoms with Gasteiger partial charge in [-0.3, -0.25) is 9.59 Å². The Bertz CT molecular complexity index is 1170. The lowest BCUT2D eigenvalue weighted by Gasteiger charge is -2.22. The van der Waals surface area contributed by atoms with E-state index < -0.39 is 0 Å². The first-order valence-corrected chi connectivity index (χ1v) is 12.3. The molecule has 3 aromatic carbocycles. The topological polar surface area (TPSA) is 71.1 Å². The van der Waals surface area contributed by atoms with Crippen molar-refractivity contribution in [1.82, 2.24) is 0 Å². The second kappa shape index (κ2) is 12.4. The normalized spacial score (nSPS) is 12.8. The van der Waals surface area contributed by atoms with E-state index in [9.17, 15) is 9.59 Å². The average Bonchev–Trinajstić information content (AvgIpc) is 2.85. The van der Waals surface area contributed by atoms with Crippen LogP contribution in [0.3, 0.4) is 0 Å². The molecule has 0 heterocycles. The molecule has 0 bridgehead atoms. The van der Waals surface area contributed by atoms with Crippen LogP contribution in [0.1, 0.15) is 58.4 Å². The van der Waals surface area contributed by atoms with E-state index in [-0.39, 0.29) is 37.0 Å². The van der Waals surface area contributed by atoms with E-state index in [1.807, 2.05) is 38.1 Å². The number of aryl methyl sites for hydroxylation is 1. The molecule has 0 aliphatic heterocycles. The number of ether oxygens (including phenoxy) is 4. The Kier molecular flexibility index (Phi) is 9.35. The van der Waals surface area contributed by atoms with Gasteiger partial charge in [0.05, 0.1) is 27.1 Å². The third-order valence-corrected chi connectivity index (χ3v) is 6.06. The van der Waals surface area contributed by atoms with Gasteiger partial charge in [-0.25, -0.2) is 0 Å². The molecular weight excluding hydrogens is 444 g/mol. The number of fused-ring (bicyclic) bond motifs is 2. The van der Waals surface area contributed by atoms with Gasteiger partial charge in [0.25, 0.3) is 0 Å². The lowest BCUT2D eigenvalue weighted by Crippen LogP contribution is -2.19. The molecule has 0 saturated carbocycles. The SMILES string of the molecule is CCCCCc1ccc2c(OC(C)CC(=O)OC)c3ccccc3c(OC(C)CC(=O)OC)c2c1. The molecule has 0 aliphatic carbocycles. The molecule has 6 heteroatoms. The largest absolute Gasteiger partial charge is 0.489 e. The Hall–Kier alpha value is -3.28. The Labute approximate surface area is 207 Å². The van der Waals surface area contributed by atoms with E-state index >= 15 is 0 Å². The number of hydrogen-bond donors (Lipinski definition) is 0. The third-order valence-electron chi connectivity index (χ3n) is 6.06. The minimum atomic E-state index is -0.372. The van der Waals surface area contributed by atoms with Gasteiger partial charge in [-0.15, -0.1) is 0 Å². The minimum Gasteiger partial charge on any atom is -0.489 e. The van der Waals surface area contributed by atoms with E-state index in [2.05, 4.69) is 25.1 Å². The zero-order valence-corrected chi connectivity index (χ0v) is 21.4. The highest BCUT2D eigenvalue weighted by molar-refractivity contribution is 6.11. The van der Waals surface area contributed by atoms with Crippen LogP contribution in [0.5, 0.6) is 11.5 Å². The molecule has 0 spiro atoms. The summed E-state index contributed by atoms with van der Waals surface area (Å²) in [6.45, 7) is 5.92. The molecule has 2 atom stereocenters. The molecule has 6 nitrogen and oxygen atoms in total. The van der Waals surface area contributed by atoms with E-state index in [0.717, 1.165) is 46.6 Å². The van der Waals surface area contributed by atoms with E-state index in [1.165, 1.54) is 26.2 Å². The number of carbonyl (C=O) groups is 2. The summed E-state index contributed by atoms with van der Waals surface area (Å²) in [5, 5.41) is 3.60. The first-order valence-electron chi connectivity index (χ1n) is 12.3. The second-order valence-electron chi connectivity index (χ2n) is 8.96. The summed E-state index contributed by atoms with van der Waals surface area (Å²) in [5.41, 5.74) is 1.22. The maximum absolute atomic E-state index is 11.9. The highest BCUT2D eigenvalue weighted by Crippen LogP contribution is 2.44. The van der Waals surface area contributed by atoms with Crippen LogP contribution < -0.4 is 9.47 Å². The van der Waals surface area contributed by atoms with Crippen molar-refractivity contribution >= 4 is 33.5 Å². The van der Waals surface area contributed by atoms with Crippen molar-refractivity contribution in [1.29, 1.82) is 0 Å². The number of carbonyl (C=O) groups excluding carboxylic acids is 2. The second-order valence-corrected chi connectivity index (χ2v) is 8.96. The van der Waals surface area contributed by atoms with Crippen LogP contribution in [0.2, 0.25) is 0 Å². The summed E-state index contributed by atoms with van der Waals surface area (Å²) in [6, 6.07) is 14.3. The van der Waals surface area contributed by atoms with Gasteiger partial charge in [0.1, 0.15) is 23.7 Å². The molecule has 188 valence electrons. The summed E-state index contributed by atoms with van der Waals surface area (Å²) in [5.74, 6) is 0.793. The number of hydrogen-bond acceptors (Lipinski definition) is 6. The number of esters is 2. The predicted molar refractivity (Wildman–Crippen MR) is 138 cm³/mol. The monoisotopic (exact) mass is 480 g/mol. The molecule has 0 N–H and O–H groups in total. The van der Waals surface area contributed by atoms with Crippen molar-refractivity contribution in [2.24, 2.45) is 0 Å². The van der Waals surface area contributed by atoms with Crippen LogP contribution >= 0.6 is 0 Å². The lowest BCUT2D eigenvalue weighted by atomic mass is 9.97. The summed E-state index contributed by atoms with van der Waals surface area (Å²) >= 11 is 0. The Morgan fingerprint density at radius 2 is 1.26 bits per heavy atom. The highest BCUT2D eigenvalue weighted by Gasteiger charge is 2.21. The van der Waals surface area contributed by atoms with Crippen molar-refractivity contribution < 1.29 is 28.5 Å². The Morgan fingerprint density at radius 1 is 0.743 bits per heavy atom. The summed E-state index contributed by atoms with van der Waals surface area (Å²) < 4.78 is 22.4. The fraction of sp³-hybridized carbons (Fsp3) is 0.448. The number of benzene rings is 3. The minimum absolute atomic E-state index is 0.149. The standard InChI is InChI=1S/C29H36O6/c1-6-7-8-11-21-14-15-24-25(18-21)29(35-20(3)17-27(31)33-5)23-13-10-9-12-22(23)28(24)34-19(2)16-26(30)32-4/h9-10,12-15,18-20H,6-8,11,16-17H2,1-5H3. The van der Waals surface area contributed by atoms with Gasteiger partial charge < -0.3 is 18.9 Å². The van der Waals surface area contributed by atoms with Crippen LogP contribution in [0.4, 0.5) is 0 Å². The number of rotatable bonds is 12. The van der Waals surface area contributed by atoms with Crippen molar-refractivity contribution in [3.63, 3.8) is 0 Å². The maximum atomic E-state index is 11.9. The molecule has 0 amide bonds. The van der Waals surface area contributed by atoms with Gasteiger partial charge in [-0.2, -0.15) is 0 Å². The fourth-order valence-electron chi connectivity index (χ4n) is 4.26. The molecule has 2 unspecified atom stereocenters. The molecule has 35 heavy (non-hydrogen) atoms. The van der Waals surface area contributed by atoms with Gasteiger partial charge >= 0.3 is 11.9 Å². The first-order chi connectivity index (χ1) is 16.9. The smallest absolute Gasteiger partial charge is 0.309 e. The fourth-order valence-corrected chi connectivity index (χ4v) is 4.26. The number of unbranched alkanes of at least 4 members (excludes halogenated alkanes) is 2. The van der Waals surface area contributed by atoms with Gasteiger partial charge in [0.15, 0.2) is 0 Å². The quantitative estimate of drug-likeness (QED) is 0.170. The first kappa shape index (κ1) is 26.3. The highest BCUT2D eigenvalue weighted by atomic mass is 16.5. The molecule has 0 saturated heterocycles. The van der Waals surface area contributed by atoms with E-state index in [0.29, 0.717) is 5.75 Å². The lowest BCUT2D eigenvalue weighted by molar-refractivity contribution is -0.143. The van der Waals surface area contributed by atoms with Crippen molar-refractivity contribution in [2.45, 2.75) is 71.5 Å². The molecule has 0 aliphatic rings. The van der Waals surface area contributed by atoms with Gasteiger partial charge in [0.2, 0.25) is 0 Å². The van der Waals surface area contributed by atoms with Gasteiger partial charge in [-0.1, -0.05) is 56.2 Å². The van der Waals surface area contributed by atoms with Gasteiger partial charge in [0, 0.05) is 21.5 Å². The van der Waals surface area contributed by atoms with Crippen LogP contribution in [-0.4, -0.2) is 38.4 Å². The Balaban J connectivity index is 2.15. The van der Waals surface area contributed by atoms with Crippen LogP contribution in [-0.2, 0) is 25.5 Å². The summed E-state index contributed by atoms with van der Waals surface area (Å²) in [7, 11) is 2.76. The van der Waals surface area contributed by atoms with Crippen molar-refractivity contribution in [2.75, 3.05) is 14.2 Å². The predicted octanol–water partition coefficient (Wildman–Crippen LogP) is 6.39. The molecule has 0 fully saturated rings. The summed E-state index contributed by atoms with van der Waals surface area (Å²) in [4.78, 5) is 23.7. The molecule has 3 aromatic rings. The van der Waals surface area contributed by atoms with Gasteiger partial charge in [-0.05, 0) is 38.3 Å². The molecule has 0 aromatic heterocycles. The number of methoxy groups -OCH3 is 2. The van der Waals surface area contributed by atoms with Crippen molar-refractivity contribution in [3.8, 4) is 11.5 Å². The Morgan fingerprint density at radius 3 is 1.77 bits per heavy atom. The molecule has 0 radical (unpaired) electrons. The maximum Gasteiger partial charge on any atom is 0.309 e. The average molecular weight is 481 g/mol. The van der Waals surface area contributed by atoms with Crippen molar-refractivity contribution in [3.05, 3.63) is 48.0 Å². The van der Waals surface area contributed by atoms with E-state index in [4.69, 9.17) is 18.9 Å². The summed E-state index contributed by atoms with van der Waals surface area (Å²) in [6.07, 6.45) is 3.98. The van der Waals surface area contributed by atoms with Crippen LogP contribution in [0, 0.1) is 0 Å².